The molecule has 0 aromatic carbocycles. The van der Waals surface area contributed by atoms with Gasteiger partial charge >= 0.3 is 7.82 Å². The van der Waals surface area contributed by atoms with Crippen LogP contribution in [0.15, 0.2) is 0 Å². The van der Waals surface area contributed by atoms with Crippen LogP contribution in [0.4, 0.5) is 0 Å². The van der Waals surface area contributed by atoms with E-state index in [1.165, 1.54) is 84.2 Å². The molecule has 0 radical (unpaired) electrons. The maximum Gasteiger partial charge on any atom is 0.474 e. The lowest BCUT2D eigenvalue weighted by atomic mass is 10.0. The first kappa shape index (κ1) is 28.1. The summed E-state index contributed by atoms with van der Waals surface area (Å²) in [4.78, 5) is 0. The van der Waals surface area contributed by atoms with Gasteiger partial charge in [-0.1, -0.05) is 90.4 Å². The monoisotopic (exact) mass is 422 g/mol. The first-order valence-electron chi connectivity index (χ1n) is 11.6. The van der Waals surface area contributed by atoms with E-state index in [4.69, 9.17) is 13.6 Å². The Morgan fingerprint density at radius 3 is 1.43 bits per heavy atom. The van der Waals surface area contributed by atoms with Crippen molar-refractivity contribution in [3.8, 4) is 0 Å². The molecular formula is C22H49NO4P+. The molecule has 0 rings (SSSR count). The van der Waals surface area contributed by atoms with Crippen molar-refractivity contribution >= 4 is 7.82 Å². The number of quaternary nitrogens is 1. The largest absolute Gasteiger partial charge is 0.474 e. The average molecular weight is 423 g/mol. The maximum absolute atomic E-state index is 12.3. The van der Waals surface area contributed by atoms with Crippen LogP contribution in [0.2, 0.25) is 0 Å². The molecule has 0 amide bonds. The fourth-order valence-corrected chi connectivity index (χ4v) is 3.99. The molecule has 0 N–H and O–H groups in total. The van der Waals surface area contributed by atoms with Crippen molar-refractivity contribution in [2.75, 3.05) is 48.0 Å². The molecule has 0 spiro atoms. The number of phosphoric acid groups is 1. The molecule has 170 valence electrons. The molecular weight excluding hydrogens is 373 g/mol. The predicted molar refractivity (Wildman–Crippen MR) is 120 cm³/mol. The summed E-state index contributed by atoms with van der Waals surface area (Å²) in [6, 6.07) is 0. The topological polar surface area (TPSA) is 44.8 Å². The average Bonchev–Trinajstić information content (AvgIpc) is 2.64. The maximum atomic E-state index is 12.3. The zero-order chi connectivity index (χ0) is 21.1. The van der Waals surface area contributed by atoms with Gasteiger partial charge in [-0.25, -0.2) is 4.57 Å². The quantitative estimate of drug-likeness (QED) is 0.114. The molecule has 0 saturated carbocycles. The van der Waals surface area contributed by atoms with Crippen LogP contribution in [0.25, 0.3) is 0 Å². The highest BCUT2D eigenvalue weighted by molar-refractivity contribution is 7.48. The van der Waals surface area contributed by atoms with Crippen LogP contribution in [0.3, 0.4) is 0 Å². The summed E-state index contributed by atoms with van der Waals surface area (Å²) in [5.41, 5.74) is 0. The zero-order valence-electron chi connectivity index (χ0n) is 19.5. The third kappa shape index (κ3) is 19.4. The molecule has 1 unspecified atom stereocenters. The van der Waals surface area contributed by atoms with E-state index >= 15 is 0 Å². The minimum absolute atomic E-state index is 0.368. The van der Waals surface area contributed by atoms with E-state index < -0.39 is 7.82 Å². The van der Waals surface area contributed by atoms with E-state index in [1.807, 2.05) is 0 Å². The van der Waals surface area contributed by atoms with Crippen molar-refractivity contribution in [3.05, 3.63) is 0 Å². The second-order valence-electron chi connectivity index (χ2n) is 8.91. The molecule has 0 saturated heterocycles. The molecule has 0 fully saturated rings. The van der Waals surface area contributed by atoms with Crippen LogP contribution in [-0.2, 0) is 18.1 Å². The second kappa shape index (κ2) is 17.9. The Balaban J connectivity index is 3.44. The van der Waals surface area contributed by atoms with Gasteiger partial charge in [0.15, 0.2) is 0 Å². The summed E-state index contributed by atoms with van der Waals surface area (Å²) >= 11 is 0. The van der Waals surface area contributed by atoms with Crippen LogP contribution in [0.5, 0.6) is 0 Å². The molecule has 28 heavy (non-hydrogen) atoms. The Labute approximate surface area is 175 Å². The highest BCUT2D eigenvalue weighted by atomic mass is 31.2. The molecule has 0 aliphatic heterocycles. The number of hydrogen-bond donors (Lipinski definition) is 0. The van der Waals surface area contributed by atoms with Gasteiger partial charge in [0.1, 0.15) is 13.2 Å². The zero-order valence-corrected chi connectivity index (χ0v) is 20.4. The predicted octanol–water partition coefficient (Wildman–Crippen LogP) is 6.96. The van der Waals surface area contributed by atoms with Crippen molar-refractivity contribution in [2.45, 2.75) is 96.8 Å². The minimum Gasteiger partial charge on any atom is -0.329 e. The second-order valence-corrected chi connectivity index (χ2v) is 10.7. The summed E-state index contributed by atoms with van der Waals surface area (Å²) in [5, 5.41) is 0. The van der Waals surface area contributed by atoms with Gasteiger partial charge in [-0.3, -0.25) is 13.6 Å². The number of phosphoric ester groups is 1. The Bertz CT molecular complexity index is 385. The summed E-state index contributed by atoms with van der Waals surface area (Å²) < 4.78 is 28.8. The number of likely N-dealkylation sites (N-methyl/N-ethyl adjacent to an activating group) is 1. The minimum atomic E-state index is -3.38. The van der Waals surface area contributed by atoms with Crippen molar-refractivity contribution < 1.29 is 22.6 Å². The lowest BCUT2D eigenvalue weighted by Gasteiger charge is -2.24. The third-order valence-electron chi connectivity index (χ3n) is 4.98. The first-order chi connectivity index (χ1) is 13.3. The highest BCUT2D eigenvalue weighted by Gasteiger charge is 2.25. The van der Waals surface area contributed by atoms with Gasteiger partial charge in [-0.05, 0) is 6.42 Å². The van der Waals surface area contributed by atoms with Gasteiger partial charge in [0.2, 0.25) is 0 Å². The fraction of sp³-hybridized carbons (Fsp3) is 1.00. The number of unbranched alkanes of at least 4 members (excludes halogenated alkanes) is 13. The lowest BCUT2D eigenvalue weighted by Crippen LogP contribution is -2.37. The summed E-state index contributed by atoms with van der Waals surface area (Å²) in [5.74, 6) is 0. The molecule has 6 heteroatoms. The molecule has 0 aliphatic rings. The lowest BCUT2D eigenvalue weighted by molar-refractivity contribution is -0.870. The van der Waals surface area contributed by atoms with Crippen molar-refractivity contribution in [1.82, 2.24) is 0 Å². The molecule has 0 aromatic heterocycles. The SMILES string of the molecule is CCCCCCCCCCCCCCCCOP(=O)(OC)OCC[N+](C)(C)C. The molecule has 1 atom stereocenters. The van der Waals surface area contributed by atoms with E-state index in [-0.39, 0.29) is 0 Å². The van der Waals surface area contributed by atoms with E-state index in [0.29, 0.717) is 13.2 Å². The first-order valence-corrected chi connectivity index (χ1v) is 13.0. The molecule has 5 nitrogen and oxygen atoms in total. The number of nitrogens with zero attached hydrogens (tertiary/aromatic N) is 1. The Morgan fingerprint density at radius 1 is 0.643 bits per heavy atom. The van der Waals surface area contributed by atoms with E-state index in [9.17, 15) is 4.57 Å². The fourth-order valence-electron chi connectivity index (χ4n) is 3.04. The van der Waals surface area contributed by atoms with E-state index in [0.717, 1.165) is 23.9 Å². The Kier molecular flexibility index (Phi) is 17.9. The Hall–Kier alpha value is 0.0700. The van der Waals surface area contributed by atoms with E-state index in [2.05, 4.69) is 28.1 Å². The van der Waals surface area contributed by atoms with Crippen LogP contribution in [0.1, 0.15) is 96.8 Å². The molecule has 0 aliphatic carbocycles. The third-order valence-corrected chi connectivity index (χ3v) is 6.43. The van der Waals surface area contributed by atoms with Crippen LogP contribution in [0, 0.1) is 0 Å². The van der Waals surface area contributed by atoms with Crippen molar-refractivity contribution in [1.29, 1.82) is 0 Å². The smallest absolute Gasteiger partial charge is 0.329 e. The Morgan fingerprint density at radius 2 is 1.04 bits per heavy atom. The highest BCUT2D eigenvalue weighted by Crippen LogP contribution is 2.48. The van der Waals surface area contributed by atoms with E-state index in [1.54, 1.807) is 0 Å². The normalized spacial score (nSPS) is 14.3. The van der Waals surface area contributed by atoms with Crippen LogP contribution >= 0.6 is 7.82 Å². The molecule has 0 bridgehead atoms. The number of rotatable bonds is 21. The molecule has 0 heterocycles. The van der Waals surface area contributed by atoms with Crippen LogP contribution < -0.4 is 0 Å². The number of hydrogen-bond acceptors (Lipinski definition) is 4. The van der Waals surface area contributed by atoms with Crippen molar-refractivity contribution in [3.63, 3.8) is 0 Å². The van der Waals surface area contributed by atoms with Gasteiger partial charge in [0, 0.05) is 7.11 Å². The summed E-state index contributed by atoms with van der Waals surface area (Å²) in [7, 11) is 4.20. The van der Waals surface area contributed by atoms with Gasteiger partial charge in [0.05, 0.1) is 27.7 Å². The summed E-state index contributed by atoms with van der Waals surface area (Å²) in [6.45, 7) is 3.84. The van der Waals surface area contributed by atoms with Crippen LogP contribution in [-0.4, -0.2) is 52.5 Å². The standard InChI is InChI=1S/C22H49NO4P/c1-6-7-8-9-10-11-12-13-14-15-16-17-18-19-21-26-28(24,25-5)27-22-20-23(2,3)4/h6-22H2,1-5H3/q+1. The van der Waals surface area contributed by atoms with Gasteiger partial charge in [-0.2, -0.15) is 0 Å². The van der Waals surface area contributed by atoms with Gasteiger partial charge in [0.25, 0.3) is 0 Å². The molecule has 0 aromatic rings. The van der Waals surface area contributed by atoms with Crippen molar-refractivity contribution in [2.24, 2.45) is 0 Å². The summed E-state index contributed by atoms with van der Waals surface area (Å²) in [6.07, 6.45) is 18.4. The van der Waals surface area contributed by atoms with Gasteiger partial charge < -0.3 is 4.48 Å². The van der Waals surface area contributed by atoms with Gasteiger partial charge in [-0.15, -0.1) is 0 Å².